The summed E-state index contributed by atoms with van der Waals surface area (Å²) in [6.07, 6.45) is 2.79. The number of nitrogens with zero attached hydrogens (tertiary/aromatic N) is 4. The number of aliphatic hydroxyl groups excluding tert-OH is 1. The van der Waals surface area contributed by atoms with Crippen molar-refractivity contribution >= 4 is 33.4 Å². The van der Waals surface area contributed by atoms with Crippen LogP contribution in [-0.2, 0) is 31.4 Å². The first-order chi connectivity index (χ1) is 20.1. The summed E-state index contributed by atoms with van der Waals surface area (Å²) in [6.45, 7) is 8.65. The number of aliphatic hydroxyl groups is 1. The van der Waals surface area contributed by atoms with Gasteiger partial charge in [-0.25, -0.2) is 9.67 Å². The number of para-hydroxylation sites is 1. The molecule has 0 saturated heterocycles. The largest absolute Gasteiger partial charge is 0.392 e. The molecule has 3 aromatic heterocycles. The first-order valence-electron chi connectivity index (χ1n) is 14.3. The van der Waals surface area contributed by atoms with Crippen molar-refractivity contribution in [3.8, 4) is 11.3 Å². The van der Waals surface area contributed by atoms with Crippen molar-refractivity contribution < 1.29 is 9.90 Å². The summed E-state index contributed by atoms with van der Waals surface area (Å²) in [5.41, 5.74) is 5.03. The molecule has 3 N–H and O–H groups in total. The molecule has 9 heteroatoms. The van der Waals surface area contributed by atoms with Crippen molar-refractivity contribution in [2.75, 3.05) is 11.9 Å². The van der Waals surface area contributed by atoms with Gasteiger partial charge < -0.3 is 20.3 Å². The molecule has 1 unspecified atom stereocenters. The summed E-state index contributed by atoms with van der Waals surface area (Å²) in [5, 5.41) is 23.3. The van der Waals surface area contributed by atoms with Crippen LogP contribution in [-0.4, -0.2) is 42.9 Å². The van der Waals surface area contributed by atoms with Crippen molar-refractivity contribution in [2.24, 2.45) is 13.0 Å². The molecule has 42 heavy (non-hydrogen) atoms. The summed E-state index contributed by atoms with van der Waals surface area (Å²) in [5.74, 6) is 0.992. The lowest BCUT2D eigenvalue weighted by atomic mass is 10.0. The van der Waals surface area contributed by atoms with Gasteiger partial charge in [-0.15, -0.1) is 0 Å². The molecular formula is C33H38N6O3. The van der Waals surface area contributed by atoms with E-state index in [2.05, 4.69) is 40.2 Å². The van der Waals surface area contributed by atoms with Gasteiger partial charge in [0.25, 0.3) is 5.56 Å². The maximum atomic E-state index is 13.7. The van der Waals surface area contributed by atoms with Crippen LogP contribution < -0.4 is 16.2 Å². The lowest BCUT2D eigenvalue weighted by molar-refractivity contribution is -0.118. The molecule has 1 atom stereocenters. The number of benzene rings is 2. The Morgan fingerprint density at radius 2 is 1.83 bits per heavy atom. The molecule has 1 amide bonds. The molecule has 0 fully saturated rings. The number of aromatic nitrogens is 4. The van der Waals surface area contributed by atoms with Crippen molar-refractivity contribution in [2.45, 2.75) is 53.3 Å². The Morgan fingerprint density at radius 1 is 1.05 bits per heavy atom. The molecule has 9 nitrogen and oxygen atoms in total. The number of rotatable bonds is 10. The SMILES string of the molecule is CC(=O)NCC(C)Nc1cc(Cn2cc3c(CC(C)C)nn(C)c(=O)c3c2-c2cccc(CO)c2)c2ccccc2n1. The Hall–Kier alpha value is -4.50. The number of carbonyl (C=O) groups is 1. The normalized spacial score (nSPS) is 12.3. The topological polar surface area (TPSA) is 114 Å². The summed E-state index contributed by atoms with van der Waals surface area (Å²) in [7, 11) is 1.70. The summed E-state index contributed by atoms with van der Waals surface area (Å²) in [6, 6.07) is 17.7. The fourth-order valence-electron chi connectivity index (χ4n) is 5.46. The van der Waals surface area contributed by atoms with Crippen LogP contribution in [0.1, 0.15) is 44.5 Å². The van der Waals surface area contributed by atoms with E-state index >= 15 is 0 Å². The Bertz CT molecular complexity index is 1820. The van der Waals surface area contributed by atoms with Crippen LogP contribution in [0.15, 0.2) is 65.6 Å². The van der Waals surface area contributed by atoms with Gasteiger partial charge in [-0.3, -0.25) is 9.59 Å². The molecule has 2 aromatic carbocycles. The van der Waals surface area contributed by atoms with Gasteiger partial charge in [-0.2, -0.15) is 5.10 Å². The van der Waals surface area contributed by atoms with Gasteiger partial charge in [-0.05, 0) is 54.2 Å². The van der Waals surface area contributed by atoms with Crippen LogP contribution in [0, 0.1) is 5.92 Å². The predicted octanol–water partition coefficient (Wildman–Crippen LogP) is 4.63. The van der Waals surface area contributed by atoms with E-state index in [9.17, 15) is 14.7 Å². The van der Waals surface area contributed by atoms with Crippen molar-refractivity contribution in [3.63, 3.8) is 0 Å². The van der Waals surface area contributed by atoms with Crippen molar-refractivity contribution in [1.29, 1.82) is 0 Å². The number of fused-ring (bicyclic) bond motifs is 2. The first-order valence-corrected chi connectivity index (χ1v) is 14.3. The monoisotopic (exact) mass is 566 g/mol. The average molecular weight is 567 g/mol. The minimum Gasteiger partial charge on any atom is -0.392 e. The van der Waals surface area contributed by atoms with E-state index in [1.807, 2.05) is 61.7 Å². The molecule has 5 aromatic rings. The summed E-state index contributed by atoms with van der Waals surface area (Å²) < 4.78 is 3.56. The highest BCUT2D eigenvalue weighted by Crippen LogP contribution is 2.33. The highest BCUT2D eigenvalue weighted by Gasteiger charge is 2.21. The zero-order chi connectivity index (χ0) is 30.0. The van der Waals surface area contributed by atoms with Crippen molar-refractivity contribution in [3.05, 3.63) is 88.0 Å². The standard InChI is InChI=1S/C33H38N6O3/c1-20(2)13-29-27-18-39(32(31(27)33(42)38(5)37-29)24-10-8-9-23(14-24)19-40)17-25-15-30(35-21(3)16-34-22(4)41)36-28-12-7-6-11-26(25)28/h6-12,14-15,18,20-21,40H,13,16-17,19H2,1-5H3,(H,34,41)(H,35,36). The van der Waals surface area contributed by atoms with Gasteiger partial charge in [0.05, 0.1) is 28.9 Å². The van der Waals surface area contributed by atoms with Crippen LogP contribution in [0.5, 0.6) is 0 Å². The average Bonchev–Trinajstić information content (AvgIpc) is 3.34. The van der Waals surface area contributed by atoms with Crippen LogP contribution in [0.2, 0.25) is 0 Å². The number of hydrogen-bond acceptors (Lipinski definition) is 6. The third-order valence-corrected chi connectivity index (χ3v) is 7.35. The molecule has 0 radical (unpaired) electrons. The number of aryl methyl sites for hydroxylation is 1. The molecule has 0 aliphatic heterocycles. The summed E-state index contributed by atoms with van der Waals surface area (Å²) in [4.78, 5) is 29.9. The number of pyridine rings is 1. The van der Waals surface area contributed by atoms with E-state index in [0.29, 0.717) is 30.2 Å². The zero-order valence-corrected chi connectivity index (χ0v) is 24.8. The van der Waals surface area contributed by atoms with Gasteiger partial charge >= 0.3 is 0 Å². The van der Waals surface area contributed by atoms with Crippen LogP contribution in [0.4, 0.5) is 5.82 Å². The molecule has 0 aliphatic carbocycles. The molecule has 0 saturated carbocycles. The highest BCUT2D eigenvalue weighted by atomic mass is 16.3. The number of nitrogens with one attached hydrogen (secondary N) is 2. The van der Waals surface area contributed by atoms with Crippen LogP contribution >= 0.6 is 0 Å². The highest BCUT2D eigenvalue weighted by molar-refractivity contribution is 5.97. The Labute approximate surface area is 245 Å². The number of carbonyl (C=O) groups excluding carboxylic acids is 1. The van der Waals surface area contributed by atoms with Gasteiger partial charge in [-0.1, -0.05) is 50.2 Å². The van der Waals surface area contributed by atoms with Crippen LogP contribution in [0.25, 0.3) is 32.9 Å². The van der Waals surface area contributed by atoms with E-state index in [1.54, 1.807) is 7.05 Å². The molecular weight excluding hydrogens is 528 g/mol. The maximum Gasteiger partial charge on any atom is 0.276 e. The molecule has 218 valence electrons. The molecule has 0 spiro atoms. The second-order valence-electron chi connectivity index (χ2n) is 11.4. The van der Waals surface area contributed by atoms with Gasteiger partial charge in [0, 0.05) is 50.1 Å². The van der Waals surface area contributed by atoms with E-state index in [0.717, 1.165) is 50.8 Å². The number of anilines is 1. The zero-order valence-electron chi connectivity index (χ0n) is 24.8. The Balaban J connectivity index is 1.70. The number of hydrogen-bond donors (Lipinski definition) is 3. The predicted molar refractivity (Wildman–Crippen MR) is 167 cm³/mol. The fourth-order valence-corrected chi connectivity index (χ4v) is 5.46. The lowest BCUT2D eigenvalue weighted by Crippen LogP contribution is -2.33. The lowest BCUT2D eigenvalue weighted by Gasteiger charge is -2.18. The van der Waals surface area contributed by atoms with E-state index in [1.165, 1.54) is 11.6 Å². The van der Waals surface area contributed by atoms with Gasteiger partial charge in [0.1, 0.15) is 5.82 Å². The van der Waals surface area contributed by atoms with E-state index < -0.39 is 0 Å². The smallest absolute Gasteiger partial charge is 0.276 e. The third-order valence-electron chi connectivity index (χ3n) is 7.35. The second kappa shape index (κ2) is 12.2. The maximum absolute atomic E-state index is 13.7. The summed E-state index contributed by atoms with van der Waals surface area (Å²) >= 11 is 0. The minimum atomic E-state index is -0.158. The molecule has 5 rings (SSSR count). The second-order valence-corrected chi connectivity index (χ2v) is 11.4. The Morgan fingerprint density at radius 3 is 2.57 bits per heavy atom. The molecule has 3 heterocycles. The van der Waals surface area contributed by atoms with Gasteiger partial charge in [0.2, 0.25) is 5.91 Å². The van der Waals surface area contributed by atoms with E-state index in [-0.39, 0.29) is 24.1 Å². The quantitative estimate of drug-likeness (QED) is 0.227. The molecule has 0 aliphatic rings. The van der Waals surface area contributed by atoms with Gasteiger partial charge in [0.15, 0.2) is 0 Å². The Kier molecular flexibility index (Phi) is 8.40. The number of amides is 1. The molecule has 0 bridgehead atoms. The van der Waals surface area contributed by atoms with Crippen LogP contribution in [0.3, 0.4) is 0 Å². The first kappa shape index (κ1) is 29.0. The minimum absolute atomic E-state index is 0.0333. The third kappa shape index (κ3) is 6.06. The fraction of sp³-hybridized carbons (Fsp3) is 0.333. The van der Waals surface area contributed by atoms with E-state index in [4.69, 9.17) is 4.98 Å². The van der Waals surface area contributed by atoms with Crippen molar-refractivity contribution in [1.82, 2.24) is 24.6 Å².